The Kier molecular flexibility index (Phi) is 6.15. The third-order valence-electron chi connectivity index (χ3n) is 2.17. The quantitative estimate of drug-likeness (QED) is 0.630. The highest BCUT2D eigenvalue weighted by Crippen LogP contribution is 2.24. The topological polar surface area (TPSA) is 0 Å². The molecule has 80 valence electrons. The number of halogens is 2. The Morgan fingerprint density at radius 1 is 1.43 bits per heavy atom. The van der Waals surface area contributed by atoms with Crippen molar-refractivity contribution < 1.29 is 0 Å². The van der Waals surface area contributed by atoms with Crippen LogP contribution in [0.15, 0.2) is 15.9 Å². The highest BCUT2D eigenvalue weighted by atomic mass is 79.9. The monoisotopic (exact) mass is 294 g/mol. The molecule has 0 N–H and O–H groups in total. The van der Waals surface area contributed by atoms with E-state index in [0.29, 0.717) is 5.38 Å². The van der Waals surface area contributed by atoms with Crippen molar-refractivity contribution in [2.75, 3.05) is 0 Å². The highest BCUT2D eigenvalue weighted by Gasteiger charge is 2.03. The third-order valence-corrected chi connectivity index (χ3v) is 4.29. The maximum Gasteiger partial charge on any atom is 0.0701 e. The van der Waals surface area contributed by atoms with Gasteiger partial charge in [-0.15, -0.1) is 22.9 Å². The Bertz CT molecular complexity index is 260. The van der Waals surface area contributed by atoms with Crippen molar-refractivity contribution in [3.63, 3.8) is 0 Å². The van der Waals surface area contributed by atoms with Crippen LogP contribution in [-0.4, -0.2) is 5.38 Å². The van der Waals surface area contributed by atoms with Crippen LogP contribution in [0.25, 0.3) is 0 Å². The zero-order valence-electron chi connectivity index (χ0n) is 8.43. The molecule has 0 amide bonds. The summed E-state index contributed by atoms with van der Waals surface area (Å²) in [6, 6.07) is 4.31. The molecule has 3 heteroatoms. The van der Waals surface area contributed by atoms with Gasteiger partial charge in [0.05, 0.1) is 3.79 Å². The van der Waals surface area contributed by atoms with Crippen molar-refractivity contribution in [1.29, 1.82) is 0 Å². The van der Waals surface area contributed by atoms with Crippen LogP contribution in [-0.2, 0) is 6.42 Å². The summed E-state index contributed by atoms with van der Waals surface area (Å²) in [6.07, 6.45) is 5.86. The van der Waals surface area contributed by atoms with E-state index in [9.17, 15) is 0 Å². The molecule has 0 aliphatic carbocycles. The normalized spacial score (nSPS) is 13.1. The molecule has 1 aromatic heterocycles. The fourth-order valence-electron chi connectivity index (χ4n) is 1.44. The van der Waals surface area contributed by atoms with E-state index >= 15 is 0 Å². The van der Waals surface area contributed by atoms with Gasteiger partial charge in [-0.2, -0.15) is 0 Å². The van der Waals surface area contributed by atoms with Crippen LogP contribution in [0.5, 0.6) is 0 Å². The first-order valence-corrected chi connectivity index (χ1v) is 7.15. The van der Waals surface area contributed by atoms with Crippen molar-refractivity contribution in [2.45, 2.75) is 44.4 Å². The lowest BCUT2D eigenvalue weighted by Gasteiger charge is -2.06. The maximum atomic E-state index is 6.15. The Morgan fingerprint density at radius 3 is 2.79 bits per heavy atom. The van der Waals surface area contributed by atoms with Crippen LogP contribution in [0.2, 0.25) is 0 Å². The van der Waals surface area contributed by atoms with Gasteiger partial charge in [0.1, 0.15) is 0 Å². The van der Waals surface area contributed by atoms with Gasteiger partial charge in [-0.1, -0.05) is 13.3 Å². The molecule has 1 unspecified atom stereocenters. The van der Waals surface area contributed by atoms with Crippen LogP contribution < -0.4 is 0 Å². The molecule has 1 aromatic rings. The van der Waals surface area contributed by atoms with Gasteiger partial charge in [-0.25, -0.2) is 0 Å². The predicted molar refractivity (Wildman–Crippen MR) is 69.5 cm³/mol. The van der Waals surface area contributed by atoms with Crippen molar-refractivity contribution in [1.82, 2.24) is 0 Å². The molecule has 14 heavy (non-hydrogen) atoms. The lowest BCUT2D eigenvalue weighted by atomic mass is 10.1. The van der Waals surface area contributed by atoms with Gasteiger partial charge in [0, 0.05) is 10.3 Å². The minimum atomic E-state index is 0.378. The number of thiophene rings is 1. The second-order valence-corrected chi connectivity index (χ2v) is 6.65. The number of alkyl halides is 1. The van der Waals surface area contributed by atoms with Crippen molar-refractivity contribution >= 4 is 38.9 Å². The van der Waals surface area contributed by atoms with Gasteiger partial charge in [0.2, 0.25) is 0 Å². The van der Waals surface area contributed by atoms with Gasteiger partial charge >= 0.3 is 0 Å². The van der Waals surface area contributed by atoms with Gasteiger partial charge in [0.25, 0.3) is 0 Å². The van der Waals surface area contributed by atoms with Crippen molar-refractivity contribution in [2.24, 2.45) is 0 Å². The lowest BCUT2D eigenvalue weighted by Crippen LogP contribution is -1.97. The zero-order valence-corrected chi connectivity index (χ0v) is 11.6. The smallest absolute Gasteiger partial charge is 0.0701 e. The lowest BCUT2D eigenvalue weighted by molar-refractivity contribution is 0.642. The number of hydrogen-bond acceptors (Lipinski definition) is 1. The average molecular weight is 296 g/mol. The van der Waals surface area contributed by atoms with E-state index in [1.54, 1.807) is 0 Å². The molecule has 1 atom stereocenters. The van der Waals surface area contributed by atoms with Crippen molar-refractivity contribution in [3.05, 3.63) is 20.8 Å². The molecule has 1 heterocycles. The highest BCUT2D eigenvalue weighted by molar-refractivity contribution is 9.11. The summed E-state index contributed by atoms with van der Waals surface area (Å²) >= 11 is 11.4. The van der Waals surface area contributed by atoms with Crippen LogP contribution in [0.1, 0.15) is 37.5 Å². The van der Waals surface area contributed by atoms with Gasteiger partial charge in [-0.3, -0.25) is 0 Å². The van der Waals surface area contributed by atoms with E-state index in [-0.39, 0.29) is 0 Å². The van der Waals surface area contributed by atoms with E-state index in [1.807, 2.05) is 11.3 Å². The van der Waals surface area contributed by atoms with E-state index in [0.717, 1.165) is 12.8 Å². The van der Waals surface area contributed by atoms with E-state index < -0.39 is 0 Å². The SMILES string of the molecule is CCCC(Cl)CCCc1ccc(Br)s1. The third kappa shape index (κ3) is 4.81. The maximum absolute atomic E-state index is 6.15. The van der Waals surface area contributed by atoms with Gasteiger partial charge in [0.15, 0.2) is 0 Å². The average Bonchev–Trinajstić information content (AvgIpc) is 2.52. The van der Waals surface area contributed by atoms with Crippen molar-refractivity contribution in [3.8, 4) is 0 Å². The Balaban J connectivity index is 2.15. The zero-order chi connectivity index (χ0) is 10.4. The minimum absolute atomic E-state index is 0.378. The Morgan fingerprint density at radius 2 is 2.21 bits per heavy atom. The molecule has 0 bridgehead atoms. The number of aryl methyl sites for hydroxylation is 1. The summed E-state index contributed by atoms with van der Waals surface area (Å²) in [6.45, 7) is 2.19. The van der Waals surface area contributed by atoms with Gasteiger partial charge in [-0.05, 0) is 53.7 Å². The molecule has 1 rings (SSSR count). The standard InChI is InChI=1S/C11H16BrClS/c1-2-4-9(13)5-3-6-10-7-8-11(12)14-10/h7-9H,2-6H2,1H3. The Hall–Kier alpha value is 0.470. The fourth-order valence-corrected chi connectivity index (χ4v) is 3.34. The van der Waals surface area contributed by atoms with Crippen LogP contribution in [0.4, 0.5) is 0 Å². The molecular formula is C11H16BrClS. The van der Waals surface area contributed by atoms with Crippen LogP contribution in [0.3, 0.4) is 0 Å². The minimum Gasteiger partial charge on any atom is -0.133 e. The van der Waals surface area contributed by atoms with E-state index in [2.05, 4.69) is 35.0 Å². The molecule has 0 aliphatic heterocycles. The van der Waals surface area contributed by atoms with Crippen LogP contribution >= 0.6 is 38.9 Å². The summed E-state index contributed by atoms with van der Waals surface area (Å²) in [5.74, 6) is 0. The second-order valence-electron chi connectivity index (χ2n) is 3.48. The molecule has 0 spiro atoms. The largest absolute Gasteiger partial charge is 0.133 e. The first kappa shape index (κ1) is 12.5. The molecule has 0 saturated carbocycles. The Labute approximate surface area is 104 Å². The van der Waals surface area contributed by atoms with Gasteiger partial charge < -0.3 is 0 Å². The number of hydrogen-bond donors (Lipinski definition) is 0. The van der Waals surface area contributed by atoms with Crippen LogP contribution in [0, 0.1) is 0 Å². The predicted octanol–water partition coefficient (Wildman–Crippen LogP) is 5.24. The first-order valence-electron chi connectivity index (χ1n) is 5.10. The van der Waals surface area contributed by atoms with E-state index in [4.69, 9.17) is 11.6 Å². The summed E-state index contributed by atoms with van der Waals surface area (Å²) in [4.78, 5) is 1.46. The second kappa shape index (κ2) is 6.86. The molecule has 0 radical (unpaired) electrons. The fraction of sp³-hybridized carbons (Fsp3) is 0.636. The summed E-state index contributed by atoms with van der Waals surface area (Å²) in [5, 5.41) is 0.378. The van der Waals surface area contributed by atoms with E-state index in [1.165, 1.54) is 27.9 Å². The summed E-state index contributed by atoms with van der Waals surface area (Å²) in [7, 11) is 0. The molecule has 0 aromatic carbocycles. The summed E-state index contributed by atoms with van der Waals surface area (Å²) < 4.78 is 1.23. The molecule has 0 fully saturated rings. The molecule has 0 aliphatic rings. The molecular weight excluding hydrogens is 280 g/mol. The first-order chi connectivity index (χ1) is 6.72. The molecule has 0 saturated heterocycles. The molecule has 0 nitrogen and oxygen atoms in total. The number of rotatable bonds is 6. The summed E-state index contributed by atoms with van der Waals surface area (Å²) in [5.41, 5.74) is 0.